The molecular weight excluding hydrogens is 301 g/mol. The third-order valence-corrected chi connectivity index (χ3v) is 3.99. The molecule has 6 nitrogen and oxygen atoms in total. The van der Waals surface area contributed by atoms with Crippen molar-refractivity contribution in [3.05, 3.63) is 47.0 Å². The van der Waals surface area contributed by atoms with Crippen LogP contribution in [0.1, 0.15) is 27.7 Å². The number of methoxy groups -OCH3 is 1. The fourth-order valence-electron chi connectivity index (χ4n) is 2.74. The molecule has 1 fully saturated rings. The number of hydrogen-bond acceptors (Lipinski definition) is 4. The van der Waals surface area contributed by atoms with Gasteiger partial charge >= 0.3 is 0 Å². The summed E-state index contributed by atoms with van der Waals surface area (Å²) < 4.78 is 24.3. The van der Waals surface area contributed by atoms with Crippen LogP contribution in [0.2, 0.25) is 0 Å². The number of amides is 1. The largest absolute Gasteiger partial charge is 0.494 e. The average molecular weight is 319 g/mol. The van der Waals surface area contributed by atoms with Crippen molar-refractivity contribution in [1.29, 1.82) is 0 Å². The van der Waals surface area contributed by atoms with E-state index in [9.17, 15) is 9.18 Å². The molecule has 1 aromatic carbocycles. The number of aryl methyl sites for hydroxylation is 1. The van der Waals surface area contributed by atoms with Gasteiger partial charge in [-0.1, -0.05) is 0 Å². The molecule has 1 N–H and O–H groups in total. The van der Waals surface area contributed by atoms with Crippen LogP contribution in [-0.4, -0.2) is 47.9 Å². The molecule has 23 heavy (non-hydrogen) atoms. The van der Waals surface area contributed by atoms with Crippen molar-refractivity contribution in [2.24, 2.45) is 0 Å². The monoisotopic (exact) mass is 319 g/mol. The smallest absolute Gasteiger partial charge is 0.254 e. The first-order valence-electron chi connectivity index (χ1n) is 7.34. The number of aromatic amines is 1. The Kier molecular flexibility index (Phi) is 4.29. The van der Waals surface area contributed by atoms with Gasteiger partial charge in [0.15, 0.2) is 11.6 Å². The SMILES string of the molecule is COc1ccc(C(=O)N2CCOCC2c2[nH]ncc2C)cc1F. The van der Waals surface area contributed by atoms with Crippen molar-refractivity contribution in [2.45, 2.75) is 13.0 Å². The lowest BCUT2D eigenvalue weighted by molar-refractivity contribution is -0.00409. The highest BCUT2D eigenvalue weighted by molar-refractivity contribution is 5.94. The topological polar surface area (TPSA) is 67.4 Å². The number of ether oxygens (including phenoxy) is 2. The first-order valence-corrected chi connectivity index (χ1v) is 7.34. The number of hydrogen-bond donors (Lipinski definition) is 1. The van der Waals surface area contributed by atoms with Gasteiger partial charge in [0.05, 0.1) is 38.3 Å². The Morgan fingerprint density at radius 2 is 2.35 bits per heavy atom. The lowest BCUT2D eigenvalue weighted by atomic mass is 10.1. The van der Waals surface area contributed by atoms with E-state index in [0.29, 0.717) is 19.8 Å². The minimum atomic E-state index is -0.555. The van der Waals surface area contributed by atoms with Crippen LogP contribution in [0, 0.1) is 12.7 Å². The lowest BCUT2D eigenvalue weighted by Crippen LogP contribution is -2.43. The summed E-state index contributed by atoms with van der Waals surface area (Å²) >= 11 is 0. The Balaban J connectivity index is 1.90. The van der Waals surface area contributed by atoms with E-state index < -0.39 is 5.82 Å². The van der Waals surface area contributed by atoms with Gasteiger partial charge in [0.2, 0.25) is 0 Å². The average Bonchev–Trinajstić information content (AvgIpc) is 3.00. The number of carbonyl (C=O) groups excluding carboxylic acids is 1. The molecule has 0 radical (unpaired) electrons. The van der Waals surface area contributed by atoms with E-state index in [1.165, 1.54) is 19.2 Å². The number of benzene rings is 1. The minimum absolute atomic E-state index is 0.115. The Morgan fingerprint density at radius 3 is 3.00 bits per heavy atom. The van der Waals surface area contributed by atoms with Crippen molar-refractivity contribution < 1.29 is 18.7 Å². The summed E-state index contributed by atoms with van der Waals surface area (Å²) in [5.74, 6) is -0.681. The minimum Gasteiger partial charge on any atom is -0.494 e. The van der Waals surface area contributed by atoms with Crippen LogP contribution < -0.4 is 4.74 Å². The summed E-state index contributed by atoms with van der Waals surface area (Å²) in [6.45, 7) is 3.19. The molecule has 2 aromatic rings. The highest BCUT2D eigenvalue weighted by Crippen LogP contribution is 2.27. The highest BCUT2D eigenvalue weighted by atomic mass is 19.1. The zero-order valence-electron chi connectivity index (χ0n) is 13.0. The summed E-state index contributed by atoms with van der Waals surface area (Å²) in [4.78, 5) is 14.5. The van der Waals surface area contributed by atoms with Gasteiger partial charge in [0.25, 0.3) is 5.91 Å². The quantitative estimate of drug-likeness (QED) is 0.940. The fourth-order valence-corrected chi connectivity index (χ4v) is 2.74. The number of carbonyl (C=O) groups is 1. The number of nitrogens with one attached hydrogen (secondary N) is 1. The third-order valence-electron chi connectivity index (χ3n) is 3.99. The molecule has 0 spiro atoms. The maximum atomic E-state index is 13.9. The fraction of sp³-hybridized carbons (Fsp3) is 0.375. The van der Waals surface area contributed by atoms with Crippen LogP contribution in [0.5, 0.6) is 5.75 Å². The van der Waals surface area contributed by atoms with Gasteiger partial charge < -0.3 is 14.4 Å². The summed E-state index contributed by atoms with van der Waals surface area (Å²) in [5.41, 5.74) is 2.08. The van der Waals surface area contributed by atoms with Gasteiger partial charge in [-0.2, -0.15) is 5.10 Å². The van der Waals surface area contributed by atoms with Gasteiger partial charge in [-0.15, -0.1) is 0 Å². The van der Waals surface area contributed by atoms with Crippen molar-refractivity contribution in [1.82, 2.24) is 15.1 Å². The molecule has 1 amide bonds. The second-order valence-corrected chi connectivity index (χ2v) is 5.41. The zero-order valence-corrected chi connectivity index (χ0v) is 13.0. The molecule has 3 rings (SSSR count). The predicted molar refractivity (Wildman–Crippen MR) is 80.9 cm³/mol. The number of rotatable bonds is 3. The van der Waals surface area contributed by atoms with Gasteiger partial charge in [0.1, 0.15) is 0 Å². The lowest BCUT2D eigenvalue weighted by Gasteiger charge is -2.35. The normalized spacial score (nSPS) is 18.0. The van der Waals surface area contributed by atoms with Crippen molar-refractivity contribution in [3.8, 4) is 5.75 Å². The molecule has 1 atom stereocenters. The standard InChI is InChI=1S/C16H18FN3O3/c1-10-8-18-19-15(10)13-9-23-6-5-20(13)16(21)11-3-4-14(22-2)12(17)7-11/h3-4,7-8,13H,5-6,9H2,1-2H3,(H,18,19). The first-order chi connectivity index (χ1) is 11.1. The Hall–Kier alpha value is -2.41. The third kappa shape index (κ3) is 2.92. The van der Waals surface area contributed by atoms with E-state index in [0.717, 1.165) is 11.3 Å². The molecule has 0 saturated carbocycles. The molecule has 1 saturated heterocycles. The van der Waals surface area contributed by atoms with Gasteiger partial charge in [-0.05, 0) is 30.7 Å². The van der Waals surface area contributed by atoms with Crippen LogP contribution in [0.3, 0.4) is 0 Å². The summed E-state index contributed by atoms with van der Waals surface area (Å²) in [6, 6.07) is 3.97. The molecule has 1 aromatic heterocycles. The van der Waals surface area contributed by atoms with Crippen LogP contribution in [0.25, 0.3) is 0 Å². The van der Waals surface area contributed by atoms with Crippen LogP contribution >= 0.6 is 0 Å². The Morgan fingerprint density at radius 1 is 1.52 bits per heavy atom. The van der Waals surface area contributed by atoms with Gasteiger partial charge in [-0.25, -0.2) is 4.39 Å². The molecule has 0 bridgehead atoms. The molecular formula is C16H18FN3O3. The molecule has 122 valence electrons. The number of aromatic nitrogens is 2. The van der Waals surface area contributed by atoms with E-state index in [1.54, 1.807) is 17.2 Å². The van der Waals surface area contributed by atoms with E-state index >= 15 is 0 Å². The Labute approximate surface area is 133 Å². The molecule has 2 heterocycles. The van der Waals surface area contributed by atoms with E-state index in [1.807, 2.05) is 6.92 Å². The highest BCUT2D eigenvalue weighted by Gasteiger charge is 2.31. The van der Waals surface area contributed by atoms with Crippen molar-refractivity contribution in [3.63, 3.8) is 0 Å². The van der Waals surface area contributed by atoms with Crippen LogP contribution in [0.4, 0.5) is 4.39 Å². The molecule has 7 heteroatoms. The maximum Gasteiger partial charge on any atom is 0.254 e. The number of morpholine rings is 1. The number of nitrogens with zero attached hydrogens (tertiary/aromatic N) is 2. The number of halogens is 1. The summed E-state index contributed by atoms with van der Waals surface area (Å²) in [6.07, 6.45) is 1.71. The first kappa shape index (κ1) is 15.5. The maximum absolute atomic E-state index is 13.9. The molecule has 1 unspecified atom stereocenters. The summed E-state index contributed by atoms with van der Waals surface area (Å²) in [5, 5.41) is 6.93. The second-order valence-electron chi connectivity index (χ2n) is 5.41. The molecule has 0 aliphatic carbocycles. The van der Waals surface area contributed by atoms with Crippen LogP contribution in [0.15, 0.2) is 24.4 Å². The van der Waals surface area contributed by atoms with Crippen LogP contribution in [-0.2, 0) is 4.74 Å². The predicted octanol–water partition coefficient (Wildman–Crippen LogP) is 2.08. The van der Waals surface area contributed by atoms with Crippen molar-refractivity contribution in [2.75, 3.05) is 26.9 Å². The van der Waals surface area contributed by atoms with E-state index in [-0.39, 0.29) is 23.3 Å². The molecule has 1 aliphatic rings. The summed E-state index contributed by atoms with van der Waals surface area (Å²) in [7, 11) is 1.39. The van der Waals surface area contributed by atoms with E-state index in [2.05, 4.69) is 10.2 Å². The zero-order chi connectivity index (χ0) is 16.4. The van der Waals surface area contributed by atoms with Gasteiger partial charge in [0, 0.05) is 12.1 Å². The number of H-pyrrole nitrogens is 1. The second kappa shape index (κ2) is 6.37. The molecule has 1 aliphatic heterocycles. The van der Waals surface area contributed by atoms with E-state index in [4.69, 9.17) is 9.47 Å². The Bertz CT molecular complexity index is 716. The van der Waals surface area contributed by atoms with Crippen molar-refractivity contribution >= 4 is 5.91 Å². The van der Waals surface area contributed by atoms with Gasteiger partial charge in [-0.3, -0.25) is 9.89 Å².